The van der Waals surface area contributed by atoms with Crippen molar-refractivity contribution in [3.63, 3.8) is 0 Å². The molecule has 6 heteroatoms. The van der Waals surface area contributed by atoms with Crippen LogP contribution >= 0.6 is 0 Å². The number of hydrogen-bond donors (Lipinski definition) is 0. The molecule has 0 aliphatic heterocycles. The van der Waals surface area contributed by atoms with Gasteiger partial charge in [0.1, 0.15) is 5.82 Å². The Morgan fingerprint density at radius 3 is 2.17 bits per heavy atom. The lowest BCUT2D eigenvalue weighted by molar-refractivity contribution is -0.384. The lowest BCUT2D eigenvalue weighted by atomic mass is 10.0. The summed E-state index contributed by atoms with van der Waals surface area (Å²) in [5, 5.41) is 18.9. The number of hydrogen-bond acceptors (Lipinski definition) is 4. The minimum atomic E-state index is -0.495. The van der Waals surface area contributed by atoms with Crippen molar-refractivity contribution in [3.05, 3.63) is 88.7 Å². The van der Waals surface area contributed by atoms with Crippen LogP contribution in [-0.4, -0.2) is 4.92 Å². The van der Waals surface area contributed by atoms with E-state index in [0.717, 1.165) is 0 Å². The van der Waals surface area contributed by atoms with Crippen LogP contribution < -0.4 is 0 Å². The Morgan fingerprint density at radius 1 is 0.833 bits per heavy atom. The first kappa shape index (κ1) is 15.5. The molecule has 0 fully saturated rings. The van der Waals surface area contributed by atoms with Gasteiger partial charge in [0.05, 0.1) is 16.3 Å². The molecule has 0 aliphatic rings. The molecule has 0 saturated heterocycles. The highest BCUT2D eigenvalue weighted by atomic mass is 19.1. The summed E-state index contributed by atoms with van der Waals surface area (Å²) < 4.78 is 14.1. The standard InChI is InChI=1S/C18H12FN3O2/c19-18-11-8-15(21-20-14-4-2-1-3-5-14)12-17(18)13-6-9-16(10-7-13)22(23)24/h1-12H. The number of nitrogens with zero attached hydrogens (tertiary/aromatic N) is 3. The highest BCUT2D eigenvalue weighted by Crippen LogP contribution is 2.29. The van der Waals surface area contributed by atoms with Gasteiger partial charge in [-0.15, -0.1) is 0 Å². The van der Waals surface area contributed by atoms with Crippen molar-refractivity contribution >= 4 is 17.1 Å². The van der Waals surface area contributed by atoms with Crippen molar-refractivity contribution < 1.29 is 9.31 Å². The predicted molar refractivity (Wildman–Crippen MR) is 89.1 cm³/mol. The van der Waals surface area contributed by atoms with Gasteiger partial charge in [0.15, 0.2) is 0 Å². The molecule has 0 unspecified atom stereocenters. The fourth-order valence-electron chi connectivity index (χ4n) is 2.17. The monoisotopic (exact) mass is 321 g/mol. The van der Waals surface area contributed by atoms with Crippen molar-refractivity contribution in [2.24, 2.45) is 10.2 Å². The Hall–Kier alpha value is -3.41. The molecule has 0 aliphatic carbocycles. The smallest absolute Gasteiger partial charge is 0.258 e. The molecule has 0 bridgehead atoms. The van der Waals surface area contributed by atoms with Gasteiger partial charge in [0.25, 0.3) is 5.69 Å². The normalized spacial score (nSPS) is 10.9. The van der Waals surface area contributed by atoms with Gasteiger partial charge in [-0.2, -0.15) is 10.2 Å². The van der Waals surface area contributed by atoms with Crippen LogP contribution in [0, 0.1) is 15.9 Å². The first-order valence-electron chi connectivity index (χ1n) is 7.15. The van der Waals surface area contributed by atoms with E-state index in [4.69, 9.17) is 0 Å². The van der Waals surface area contributed by atoms with Crippen LogP contribution in [0.2, 0.25) is 0 Å². The zero-order valence-electron chi connectivity index (χ0n) is 12.5. The lowest BCUT2D eigenvalue weighted by Crippen LogP contribution is -1.88. The Labute approximate surface area is 137 Å². The number of azo groups is 1. The van der Waals surface area contributed by atoms with E-state index in [-0.39, 0.29) is 5.69 Å². The van der Waals surface area contributed by atoms with Gasteiger partial charge < -0.3 is 0 Å². The third-order valence-electron chi connectivity index (χ3n) is 3.38. The summed E-state index contributed by atoms with van der Waals surface area (Å²) in [4.78, 5) is 10.2. The topological polar surface area (TPSA) is 67.9 Å². The molecular weight excluding hydrogens is 309 g/mol. The zero-order chi connectivity index (χ0) is 16.9. The number of nitro benzene ring substituents is 1. The summed E-state index contributed by atoms with van der Waals surface area (Å²) in [6.45, 7) is 0. The highest BCUT2D eigenvalue weighted by molar-refractivity contribution is 5.68. The Morgan fingerprint density at radius 2 is 1.50 bits per heavy atom. The molecule has 0 N–H and O–H groups in total. The van der Waals surface area contributed by atoms with E-state index in [1.54, 1.807) is 6.07 Å². The average Bonchev–Trinajstić information content (AvgIpc) is 2.62. The van der Waals surface area contributed by atoms with E-state index in [2.05, 4.69) is 10.2 Å². The van der Waals surface area contributed by atoms with E-state index in [1.165, 1.54) is 36.4 Å². The zero-order valence-corrected chi connectivity index (χ0v) is 12.5. The van der Waals surface area contributed by atoms with Crippen molar-refractivity contribution in [2.45, 2.75) is 0 Å². The summed E-state index contributed by atoms with van der Waals surface area (Å²) in [5.74, 6) is -0.428. The van der Waals surface area contributed by atoms with E-state index in [1.807, 2.05) is 30.3 Å². The first-order chi connectivity index (χ1) is 11.6. The van der Waals surface area contributed by atoms with Gasteiger partial charge in [0.2, 0.25) is 0 Å². The molecule has 0 radical (unpaired) electrons. The SMILES string of the molecule is O=[N+]([O-])c1ccc(-c2cc(N=Nc3ccccc3)ccc2F)cc1. The summed E-state index contributed by atoms with van der Waals surface area (Å²) in [6.07, 6.45) is 0. The van der Waals surface area contributed by atoms with Gasteiger partial charge in [-0.3, -0.25) is 10.1 Å². The maximum absolute atomic E-state index is 14.1. The lowest BCUT2D eigenvalue weighted by Gasteiger charge is -2.04. The molecule has 3 aromatic carbocycles. The number of non-ortho nitro benzene ring substituents is 1. The second-order valence-electron chi connectivity index (χ2n) is 5.00. The largest absolute Gasteiger partial charge is 0.269 e. The van der Waals surface area contributed by atoms with Gasteiger partial charge in [0, 0.05) is 17.7 Å². The van der Waals surface area contributed by atoms with Crippen LogP contribution in [0.25, 0.3) is 11.1 Å². The fourth-order valence-corrected chi connectivity index (χ4v) is 2.17. The van der Waals surface area contributed by atoms with Crippen LogP contribution in [0.3, 0.4) is 0 Å². The number of benzene rings is 3. The van der Waals surface area contributed by atoms with E-state index in [9.17, 15) is 14.5 Å². The van der Waals surface area contributed by atoms with Gasteiger partial charge >= 0.3 is 0 Å². The molecule has 0 heterocycles. The van der Waals surface area contributed by atoms with E-state index >= 15 is 0 Å². The van der Waals surface area contributed by atoms with Crippen LogP contribution in [0.4, 0.5) is 21.5 Å². The third kappa shape index (κ3) is 3.49. The summed E-state index contributed by atoms with van der Waals surface area (Å²) >= 11 is 0. The first-order valence-corrected chi connectivity index (χ1v) is 7.15. The van der Waals surface area contributed by atoms with Crippen molar-refractivity contribution in [1.29, 1.82) is 0 Å². The quantitative estimate of drug-likeness (QED) is 0.345. The molecule has 0 saturated carbocycles. The van der Waals surface area contributed by atoms with Gasteiger partial charge in [-0.1, -0.05) is 18.2 Å². The molecule has 3 aromatic rings. The van der Waals surface area contributed by atoms with E-state index in [0.29, 0.717) is 22.5 Å². The molecule has 24 heavy (non-hydrogen) atoms. The van der Waals surface area contributed by atoms with Gasteiger partial charge in [-0.25, -0.2) is 4.39 Å². The molecule has 0 aromatic heterocycles. The van der Waals surface area contributed by atoms with Crippen LogP contribution in [-0.2, 0) is 0 Å². The second-order valence-corrected chi connectivity index (χ2v) is 5.00. The number of halogens is 1. The minimum absolute atomic E-state index is 0.0425. The second kappa shape index (κ2) is 6.78. The third-order valence-corrected chi connectivity index (χ3v) is 3.38. The summed E-state index contributed by atoms with van der Waals surface area (Å²) in [5.41, 5.74) is 2.00. The Kier molecular flexibility index (Phi) is 4.38. The predicted octanol–water partition coefficient (Wildman–Crippen LogP) is 5.82. The summed E-state index contributed by atoms with van der Waals surface area (Å²) in [6, 6.07) is 19.3. The summed E-state index contributed by atoms with van der Waals surface area (Å²) in [7, 11) is 0. The van der Waals surface area contributed by atoms with Crippen molar-refractivity contribution in [2.75, 3.05) is 0 Å². The maximum atomic E-state index is 14.1. The highest BCUT2D eigenvalue weighted by Gasteiger charge is 2.09. The molecule has 118 valence electrons. The molecule has 5 nitrogen and oxygen atoms in total. The van der Waals surface area contributed by atoms with Crippen LogP contribution in [0.15, 0.2) is 83.0 Å². The van der Waals surface area contributed by atoms with Crippen molar-refractivity contribution in [1.82, 2.24) is 0 Å². The minimum Gasteiger partial charge on any atom is -0.258 e. The number of rotatable bonds is 4. The number of nitro groups is 1. The Balaban J connectivity index is 1.91. The molecule has 0 amide bonds. The molecule has 0 atom stereocenters. The fraction of sp³-hybridized carbons (Fsp3) is 0. The van der Waals surface area contributed by atoms with Crippen LogP contribution in [0.5, 0.6) is 0 Å². The molecule has 0 spiro atoms. The van der Waals surface area contributed by atoms with Crippen molar-refractivity contribution in [3.8, 4) is 11.1 Å². The Bertz CT molecular complexity index is 894. The van der Waals surface area contributed by atoms with Gasteiger partial charge in [-0.05, 0) is 48.0 Å². The molecular formula is C18H12FN3O2. The van der Waals surface area contributed by atoms with Crippen LogP contribution in [0.1, 0.15) is 0 Å². The maximum Gasteiger partial charge on any atom is 0.269 e. The van der Waals surface area contributed by atoms with E-state index < -0.39 is 10.7 Å². The average molecular weight is 321 g/mol. The molecule has 3 rings (SSSR count).